The first-order valence-corrected chi connectivity index (χ1v) is 9.73. The molecular formula is C17H11F3N6O3S. The number of allylic oxidation sites excluding steroid dienone is 1. The fourth-order valence-electron chi connectivity index (χ4n) is 3.26. The van der Waals surface area contributed by atoms with Crippen molar-refractivity contribution >= 4 is 27.6 Å². The molecule has 0 aliphatic carbocycles. The lowest BCUT2D eigenvalue weighted by molar-refractivity contribution is -0.140. The number of sulfonamides is 1. The number of halogens is 3. The van der Waals surface area contributed by atoms with Crippen LogP contribution in [0, 0.1) is 10.4 Å². The van der Waals surface area contributed by atoms with Crippen LogP contribution in [0.5, 0.6) is 0 Å². The molecule has 2 aliphatic rings. The summed E-state index contributed by atoms with van der Waals surface area (Å²) in [6, 6.07) is 6.38. The highest BCUT2D eigenvalue weighted by atomic mass is 32.2. The van der Waals surface area contributed by atoms with E-state index in [0.717, 1.165) is 11.1 Å². The summed E-state index contributed by atoms with van der Waals surface area (Å²) in [4.78, 5) is -1.19. The third-order valence-electron chi connectivity index (χ3n) is 4.40. The van der Waals surface area contributed by atoms with E-state index in [9.17, 15) is 26.8 Å². The van der Waals surface area contributed by atoms with Crippen molar-refractivity contribution < 1.29 is 26.8 Å². The Morgan fingerprint density at radius 2 is 1.73 bits per heavy atom. The van der Waals surface area contributed by atoms with Crippen molar-refractivity contribution in [2.45, 2.75) is 11.1 Å². The lowest BCUT2D eigenvalue weighted by atomic mass is 10.1. The molecule has 0 amide bonds. The first-order valence-electron chi connectivity index (χ1n) is 8.18. The smallest absolute Gasteiger partial charge is 0.284 e. The second-order valence-corrected chi connectivity index (χ2v) is 7.70. The number of hydroxylamine groups is 1. The summed E-state index contributed by atoms with van der Waals surface area (Å²) < 4.78 is 65.3. The van der Waals surface area contributed by atoms with Crippen molar-refractivity contribution in [2.24, 2.45) is 25.8 Å². The van der Waals surface area contributed by atoms with Crippen molar-refractivity contribution in [2.75, 3.05) is 5.06 Å². The summed E-state index contributed by atoms with van der Waals surface area (Å²) in [5.74, 6) is -0.440. The normalized spacial score (nSPS) is 16.7. The summed E-state index contributed by atoms with van der Waals surface area (Å²) in [5, 5.41) is 29.9. The molecule has 0 atom stereocenters. The number of primary sulfonamides is 1. The van der Waals surface area contributed by atoms with E-state index in [-0.39, 0.29) is 5.22 Å². The number of anilines is 1. The van der Waals surface area contributed by atoms with Crippen LogP contribution in [-0.4, -0.2) is 13.6 Å². The third-order valence-corrected chi connectivity index (χ3v) is 5.39. The molecule has 0 unspecified atom stereocenters. The van der Waals surface area contributed by atoms with Gasteiger partial charge in [-0.05, 0) is 39.1 Å². The molecule has 4 rings (SSSR count). The number of nitrogens with zero attached hydrogens (tertiary/aromatic N) is 5. The molecule has 13 heteroatoms. The Bertz CT molecular complexity index is 1470. The zero-order chi connectivity index (χ0) is 21.7. The van der Waals surface area contributed by atoms with Crippen LogP contribution in [0.4, 0.5) is 18.9 Å². The fourth-order valence-corrected chi connectivity index (χ4v) is 4.23. The maximum atomic E-state index is 13.6. The summed E-state index contributed by atoms with van der Waals surface area (Å²) in [6.45, 7) is 0. The molecule has 0 saturated carbocycles. The first kappa shape index (κ1) is 19.9. The lowest BCUT2D eigenvalue weighted by Gasteiger charge is -2.16. The number of hydrogen-bond acceptors (Lipinski definition) is 8. The van der Waals surface area contributed by atoms with E-state index in [2.05, 4.69) is 20.7 Å². The van der Waals surface area contributed by atoms with E-state index in [1.54, 1.807) is 24.3 Å². The van der Waals surface area contributed by atoms with E-state index < -0.39 is 37.7 Å². The summed E-state index contributed by atoms with van der Waals surface area (Å²) in [5.41, 5.74) is -1.14. The predicted molar refractivity (Wildman–Crippen MR) is 97.2 cm³/mol. The predicted octanol–water partition coefficient (Wildman–Crippen LogP) is 2.04. The Morgan fingerprint density at radius 3 is 2.37 bits per heavy atom. The molecule has 0 fully saturated rings. The van der Waals surface area contributed by atoms with Gasteiger partial charge in [-0.25, -0.2) is 18.6 Å². The van der Waals surface area contributed by atoms with Gasteiger partial charge >= 0.3 is 6.18 Å². The van der Waals surface area contributed by atoms with Crippen molar-refractivity contribution in [1.29, 1.82) is 0 Å². The van der Waals surface area contributed by atoms with E-state index >= 15 is 0 Å². The minimum absolute atomic E-state index is 0.0404. The summed E-state index contributed by atoms with van der Waals surface area (Å²) in [7, 11) is -4.88. The highest BCUT2D eigenvalue weighted by molar-refractivity contribution is 7.89. The van der Waals surface area contributed by atoms with Crippen LogP contribution < -0.4 is 20.6 Å². The van der Waals surface area contributed by atoms with Crippen LogP contribution >= 0.6 is 0 Å². The molecule has 154 valence electrons. The van der Waals surface area contributed by atoms with Crippen molar-refractivity contribution in [1.82, 2.24) is 0 Å². The summed E-state index contributed by atoms with van der Waals surface area (Å²) in [6.07, 6.45) is -0.533. The van der Waals surface area contributed by atoms with Crippen LogP contribution in [0.25, 0.3) is 11.9 Å². The second kappa shape index (κ2) is 6.83. The first-order chi connectivity index (χ1) is 14.1. The van der Waals surface area contributed by atoms with Gasteiger partial charge in [0.1, 0.15) is 4.90 Å². The Morgan fingerprint density at radius 1 is 1.03 bits per heavy atom. The fraction of sp³-hybridized carbons (Fsp3) is 0.0588. The van der Waals surface area contributed by atoms with Crippen LogP contribution in [0.1, 0.15) is 5.56 Å². The quantitative estimate of drug-likeness (QED) is 0.708. The molecule has 0 spiro atoms. The Hall–Kier alpha value is -3.42. The van der Waals surface area contributed by atoms with E-state index in [1.165, 1.54) is 12.3 Å². The number of fused-ring (bicyclic) bond motifs is 1. The molecule has 0 bridgehead atoms. The summed E-state index contributed by atoms with van der Waals surface area (Å²) >= 11 is 0. The van der Waals surface area contributed by atoms with E-state index in [4.69, 9.17) is 5.14 Å². The molecule has 2 heterocycles. The van der Waals surface area contributed by atoms with Gasteiger partial charge in [-0.2, -0.15) is 13.2 Å². The average molecular weight is 436 g/mol. The average Bonchev–Trinajstić information content (AvgIpc) is 3.20. The Labute approximate surface area is 166 Å². The third kappa shape index (κ3) is 3.28. The van der Waals surface area contributed by atoms with Crippen LogP contribution in [0.3, 0.4) is 0 Å². The van der Waals surface area contributed by atoms with Gasteiger partial charge in [0.2, 0.25) is 15.8 Å². The number of rotatable bonds is 1. The number of hydrogen-bond donors (Lipinski definition) is 2. The van der Waals surface area contributed by atoms with Crippen LogP contribution in [0.15, 0.2) is 68.2 Å². The van der Waals surface area contributed by atoms with Gasteiger partial charge in [-0.3, -0.25) is 5.21 Å². The molecule has 0 aromatic heterocycles. The van der Waals surface area contributed by atoms with Crippen LogP contribution in [0.2, 0.25) is 0 Å². The number of alkyl halides is 3. The highest BCUT2D eigenvalue weighted by Crippen LogP contribution is 2.32. The second-order valence-electron chi connectivity index (χ2n) is 6.20. The molecule has 2 aromatic carbocycles. The monoisotopic (exact) mass is 436 g/mol. The Balaban J connectivity index is 2.41. The molecule has 2 aromatic rings. The molecule has 0 radical (unpaired) electrons. The van der Waals surface area contributed by atoms with Gasteiger partial charge in [0.25, 0.3) is 0 Å². The zero-order valence-electron chi connectivity index (χ0n) is 14.7. The van der Waals surface area contributed by atoms with Crippen molar-refractivity contribution in [3.05, 3.63) is 69.0 Å². The van der Waals surface area contributed by atoms with Gasteiger partial charge < -0.3 is 0 Å². The van der Waals surface area contributed by atoms with Gasteiger partial charge in [-0.1, -0.05) is 24.3 Å². The van der Waals surface area contributed by atoms with Crippen molar-refractivity contribution in [3.63, 3.8) is 0 Å². The molecular weight excluding hydrogens is 425 g/mol. The highest BCUT2D eigenvalue weighted by Gasteiger charge is 2.38. The largest absolute Gasteiger partial charge is 0.417 e. The minimum Gasteiger partial charge on any atom is -0.284 e. The minimum atomic E-state index is -5.02. The van der Waals surface area contributed by atoms with Gasteiger partial charge in [0, 0.05) is 11.4 Å². The molecule has 2 aliphatic heterocycles. The molecule has 3 N–H and O–H groups in total. The SMILES string of the molecule is NS(=O)(=O)c1c(C(F)(F)F)ccc(=c2cccc3c2=CC=CN3O)c1=C1N=NN=N1. The van der Waals surface area contributed by atoms with Gasteiger partial charge in [-0.15, -0.1) is 10.2 Å². The molecule has 30 heavy (non-hydrogen) atoms. The maximum Gasteiger partial charge on any atom is 0.417 e. The van der Waals surface area contributed by atoms with Crippen LogP contribution in [-0.2, 0) is 16.2 Å². The van der Waals surface area contributed by atoms with Gasteiger partial charge in [0.15, 0.2) is 0 Å². The number of nitrogens with two attached hydrogens (primary N) is 1. The van der Waals surface area contributed by atoms with E-state index in [0.29, 0.717) is 22.2 Å². The molecule has 9 nitrogen and oxygen atoms in total. The lowest BCUT2D eigenvalue weighted by Crippen LogP contribution is -2.30. The van der Waals surface area contributed by atoms with Gasteiger partial charge in [0.05, 0.1) is 16.5 Å². The van der Waals surface area contributed by atoms with Crippen molar-refractivity contribution in [3.8, 4) is 0 Å². The van der Waals surface area contributed by atoms with E-state index in [1.807, 2.05) is 0 Å². The standard InChI is InChI=1S/C17H11F3N6O3S/c18-17(19,20)12-7-6-11(9-3-1-5-13-10(9)4-2-8-26(13)27)14(15(12)30(21,28)29)16-22-24-25-23-16/h1-8,27H,(H2,21,28,29). The Kier molecular flexibility index (Phi) is 4.52. The topological polar surface area (TPSA) is 133 Å². The number of benzene rings is 2. The zero-order valence-corrected chi connectivity index (χ0v) is 15.6. The molecule has 0 saturated heterocycles. The maximum absolute atomic E-state index is 13.6.